The molecule has 3 aliphatic rings. The minimum Gasteiger partial charge on any atom is -0.314 e. The van der Waals surface area contributed by atoms with E-state index in [1.165, 1.54) is 160 Å². The van der Waals surface area contributed by atoms with Crippen molar-refractivity contribution in [1.82, 2.24) is 4.57 Å². The predicted octanol–water partition coefficient (Wildman–Crippen LogP) is 19.6. The van der Waals surface area contributed by atoms with Crippen LogP contribution in [0.4, 0.5) is 0 Å². The Bertz CT molecular complexity index is 4470. The Morgan fingerprint density at radius 1 is 0.297 bits per heavy atom. The maximum Gasteiger partial charge on any atom is 0.0540 e. The molecule has 1 aromatic heterocycles. The molecule has 0 saturated heterocycles. The van der Waals surface area contributed by atoms with Crippen LogP contribution in [0, 0.1) is 13.8 Å². The molecule has 74 heavy (non-hydrogen) atoms. The SMILES string of the molecule is Cc1c(C)n(-c2ccc3c(c2)C(C)(C)c2ccccc2-3)c2cc3c(-c4ccc5c(c4)C(C)(C)c4ccccc4-5)c4ccc(-c5ccc6ccccc6c5)cc4c(-c4ccc5c(c4)C(C)(C)c4ccccc4-5)c3cc12. The molecule has 1 heteroatoms. The quantitative estimate of drug-likeness (QED) is 0.155. The van der Waals surface area contributed by atoms with Crippen molar-refractivity contribution in [2.75, 3.05) is 0 Å². The number of fused-ring (bicyclic) bond motifs is 13. The molecule has 1 nitrogen and oxygen atoms in total. The first-order valence-electron chi connectivity index (χ1n) is 26.6. The monoisotopic (exact) mass is 947 g/mol. The van der Waals surface area contributed by atoms with E-state index in [1.807, 2.05) is 0 Å². The van der Waals surface area contributed by atoms with Gasteiger partial charge in [-0.15, -0.1) is 0 Å². The van der Waals surface area contributed by atoms with Gasteiger partial charge in [0, 0.05) is 33.0 Å². The van der Waals surface area contributed by atoms with Crippen molar-refractivity contribution in [2.24, 2.45) is 0 Å². The van der Waals surface area contributed by atoms with Crippen LogP contribution in [0.15, 0.2) is 200 Å². The summed E-state index contributed by atoms with van der Waals surface area (Å²) in [5, 5.41) is 8.86. The van der Waals surface area contributed by atoms with Crippen LogP contribution in [0.2, 0.25) is 0 Å². The van der Waals surface area contributed by atoms with Crippen LogP contribution in [0.5, 0.6) is 0 Å². The van der Waals surface area contributed by atoms with Crippen LogP contribution >= 0.6 is 0 Å². The molecule has 0 fully saturated rings. The van der Waals surface area contributed by atoms with Gasteiger partial charge in [-0.25, -0.2) is 0 Å². The Morgan fingerprint density at radius 3 is 1.32 bits per heavy atom. The number of hydrogen-bond donors (Lipinski definition) is 0. The molecule has 0 amide bonds. The number of hydrogen-bond acceptors (Lipinski definition) is 0. The molecule has 1 heterocycles. The van der Waals surface area contributed by atoms with E-state index < -0.39 is 0 Å². The summed E-state index contributed by atoms with van der Waals surface area (Å²) >= 11 is 0. The fourth-order valence-corrected chi connectivity index (χ4v) is 14.3. The molecule has 0 spiro atoms. The molecule has 3 aliphatic carbocycles. The Balaban J connectivity index is 1.06. The zero-order valence-corrected chi connectivity index (χ0v) is 43.5. The maximum atomic E-state index is 2.57. The lowest BCUT2D eigenvalue weighted by Gasteiger charge is -2.24. The summed E-state index contributed by atoms with van der Waals surface area (Å²) in [5.74, 6) is 0. The molecule has 0 unspecified atom stereocenters. The van der Waals surface area contributed by atoms with Gasteiger partial charge in [0.05, 0.1) is 5.52 Å². The number of aryl methyl sites for hydroxylation is 1. The highest BCUT2D eigenvalue weighted by Crippen LogP contribution is 2.55. The lowest BCUT2D eigenvalue weighted by molar-refractivity contribution is 0.659. The smallest absolute Gasteiger partial charge is 0.0540 e. The fraction of sp³-hybridized carbons (Fsp3) is 0.151. The van der Waals surface area contributed by atoms with Crippen molar-refractivity contribution in [2.45, 2.75) is 71.6 Å². The Kier molecular flexibility index (Phi) is 8.74. The summed E-state index contributed by atoms with van der Waals surface area (Å²) in [6.07, 6.45) is 0. The maximum absolute atomic E-state index is 2.57. The van der Waals surface area contributed by atoms with E-state index in [0.717, 1.165) is 0 Å². The molecule has 0 bridgehead atoms. The van der Waals surface area contributed by atoms with Gasteiger partial charge in [-0.2, -0.15) is 0 Å². The van der Waals surface area contributed by atoms with Gasteiger partial charge in [-0.05, 0) is 200 Å². The largest absolute Gasteiger partial charge is 0.314 e. The summed E-state index contributed by atoms with van der Waals surface area (Å²) in [7, 11) is 0. The van der Waals surface area contributed by atoms with Gasteiger partial charge < -0.3 is 4.57 Å². The average Bonchev–Trinajstić information content (AvgIpc) is 4.00. The van der Waals surface area contributed by atoms with E-state index in [2.05, 4.69) is 260 Å². The fourth-order valence-electron chi connectivity index (χ4n) is 14.3. The first kappa shape index (κ1) is 43.3. The summed E-state index contributed by atoms with van der Waals surface area (Å²) in [4.78, 5) is 0. The molecule has 0 aliphatic heterocycles. The molecule has 0 atom stereocenters. The van der Waals surface area contributed by atoms with Crippen LogP contribution in [-0.4, -0.2) is 4.57 Å². The summed E-state index contributed by atoms with van der Waals surface area (Å²) < 4.78 is 2.55. The zero-order chi connectivity index (χ0) is 50.2. The number of benzene rings is 11. The van der Waals surface area contributed by atoms with Crippen molar-refractivity contribution in [3.8, 4) is 72.4 Å². The first-order valence-corrected chi connectivity index (χ1v) is 26.6. The van der Waals surface area contributed by atoms with Gasteiger partial charge >= 0.3 is 0 Å². The molecule has 11 aromatic carbocycles. The second kappa shape index (κ2) is 14.9. The van der Waals surface area contributed by atoms with Crippen LogP contribution in [0.3, 0.4) is 0 Å². The van der Waals surface area contributed by atoms with E-state index in [9.17, 15) is 0 Å². The summed E-state index contributed by atoms with van der Waals surface area (Å²) in [6.45, 7) is 19.1. The topological polar surface area (TPSA) is 4.93 Å². The van der Waals surface area contributed by atoms with E-state index in [1.54, 1.807) is 0 Å². The van der Waals surface area contributed by atoms with Crippen LogP contribution < -0.4 is 0 Å². The Hall–Kier alpha value is -8.26. The van der Waals surface area contributed by atoms with E-state index in [0.29, 0.717) is 0 Å². The second-order valence-corrected chi connectivity index (χ2v) is 23.3. The zero-order valence-electron chi connectivity index (χ0n) is 43.5. The van der Waals surface area contributed by atoms with Crippen LogP contribution in [0.1, 0.15) is 86.2 Å². The third-order valence-corrected chi connectivity index (χ3v) is 18.4. The van der Waals surface area contributed by atoms with Crippen LogP contribution in [-0.2, 0) is 16.2 Å². The van der Waals surface area contributed by atoms with E-state index >= 15 is 0 Å². The van der Waals surface area contributed by atoms with E-state index in [-0.39, 0.29) is 16.2 Å². The first-order chi connectivity index (χ1) is 35.8. The van der Waals surface area contributed by atoms with Gasteiger partial charge in [0.1, 0.15) is 0 Å². The summed E-state index contributed by atoms with van der Waals surface area (Å²) in [5.41, 5.74) is 28.5. The highest BCUT2D eigenvalue weighted by atomic mass is 15.0. The van der Waals surface area contributed by atoms with Crippen molar-refractivity contribution in [3.05, 3.63) is 245 Å². The number of nitrogens with zero attached hydrogens (tertiary/aromatic N) is 1. The molecular weight excluding hydrogens is 891 g/mol. The number of rotatable bonds is 4. The molecule has 0 saturated carbocycles. The second-order valence-electron chi connectivity index (χ2n) is 23.3. The molecule has 0 radical (unpaired) electrons. The summed E-state index contributed by atoms with van der Waals surface area (Å²) in [6, 6.07) is 77.1. The normalized spacial score (nSPS) is 15.1. The third-order valence-electron chi connectivity index (χ3n) is 18.4. The van der Waals surface area contributed by atoms with Crippen molar-refractivity contribution < 1.29 is 0 Å². The third kappa shape index (κ3) is 5.76. The molecule has 354 valence electrons. The van der Waals surface area contributed by atoms with Gasteiger partial charge in [0.15, 0.2) is 0 Å². The van der Waals surface area contributed by atoms with E-state index in [4.69, 9.17) is 0 Å². The van der Waals surface area contributed by atoms with Gasteiger partial charge in [-0.1, -0.05) is 193 Å². The minimum atomic E-state index is -0.150. The lowest BCUT2D eigenvalue weighted by atomic mass is 9.79. The highest BCUT2D eigenvalue weighted by molar-refractivity contribution is 6.24. The predicted molar refractivity (Wildman–Crippen MR) is 314 cm³/mol. The minimum absolute atomic E-state index is 0.111. The van der Waals surface area contributed by atoms with Gasteiger partial charge in [0.2, 0.25) is 0 Å². The van der Waals surface area contributed by atoms with Gasteiger partial charge in [0.25, 0.3) is 0 Å². The standard InChI is InChI=1S/C73H57N/c1-42-43(2)74(50-30-34-56-53-21-13-16-24-64(53)73(7,8)67(56)39-50)68-41-61-60(40-58(42)68)70(49-29-32-55-52-20-12-15-23-63(52)72(5,6)66(55)38-49)59-36-47(46-26-25-44-17-9-10-18-45(44)35-46)27-33-57(59)69(61)48-28-31-54-51-19-11-14-22-62(51)71(3,4)65(54)37-48/h9-41H,1-8H3. The molecular formula is C73H57N. The van der Waals surface area contributed by atoms with Crippen molar-refractivity contribution in [3.63, 3.8) is 0 Å². The molecule has 12 aromatic rings. The molecule has 0 N–H and O–H groups in total. The molecule has 15 rings (SSSR count). The highest BCUT2D eigenvalue weighted by Gasteiger charge is 2.38. The Labute approximate surface area is 434 Å². The average molecular weight is 948 g/mol. The van der Waals surface area contributed by atoms with Crippen LogP contribution in [0.25, 0.3) is 116 Å². The lowest BCUT2D eigenvalue weighted by Crippen LogP contribution is -2.15. The van der Waals surface area contributed by atoms with Gasteiger partial charge in [-0.3, -0.25) is 0 Å². The van der Waals surface area contributed by atoms with Crippen molar-refractivity contribution >= 4 is 43.2 Å². The Morgan fingerprint density at radius 2 is 0.730 bits per heavy atom. The van der Waals surface area contributed by atoms with Crippen molar-refractivity contribution in [1.29, 1.82) is 0 Å². The number of aromatic nitrogens is 1.